The van der Waals surface area contributed by atoms with E-state index in [1.807, 2.05) is 0 Å². The van der Waals surface area contributed by atoms with E-state index in [0.29, 0.717) is 11.5 Å². The van der Waals surface area contributed by atoms with Gasteiger partial charge in [0, 0.05) is 6.61 Å². The first kappa shape index (κ1) is 13.0. The van der Waals surface area contributed by atoms with Gasteiger partial charge in [0.15, 0.2) is 0 Å². The lowest BCUT2D eigenvalue weighted by atomic mass is 9.72. The van der Waals surface area contributed by atoms with Gasteiger partial charge in [-0.05, 0) is 50.0 Å². The highest BCUT2D eigenvalue weighted by Gasteiger charge is 2.29. The zero-order valence-electron chi connectivity index (χ0n) is 10.6. The van der Waals surface area contributed by atoms with Crippen LogP contribution in [-0.2, 0) is 4.74 Å². The number of hydrogen-bond donors (Lipinski definition) is 1. The highest BCUT2D eigenvalue weighted by molar-refractivity contribution is 4.80. The summed E-state index contributed by atoms with van der Waals surface area (Å²) >= 11 is 0. The molecule has 2 nitrogen and oxygen atoms in total. The maximum atomic E-state index is 5.80. The van der Waals surface area contributed by atoms with Gasteiger partial charge in [0.25, 0.3) is 0 Å². The molecule has 0 spiro atoms. The van der Waals surface area contributed by atoms with Crippen molar-refractivity contribution >= 4 is 0 Å². The summed E-state index contributed by atoms with van der Waals surface area (Å²) in [7, 11) is 0. The quantitative estimate of drug-likeness (QED) is 0.729. The van der Waals surface area contributed by atoms with Crippen molar-refractivity contribution in [2.24, 2.45) is 17.1 Å². The van der Waals surface area contributed by atoms with Crippen molar-refractivity contribution in [3.05, 3.63) is 0 Å². The van der Waals surface area contributed by atoms with Crippen LogP contribution in [0.15, 0.2) is 0 Å². The summed E-state index contributed by atoms with van der Waals surface area (Å²) in [5.74, 6) is 0.881. The fourth-order valence-corrected chi connectivity index (χ4v) is 2.43. The van der Waals surface area contributed by atoms with Crippen LogP contribution in [0.3, 0.4) is 0 Å². The van der Waals surface area contributed by atoms with E-state index in [9.17, 15) is 0 Å². The minimum Gasteiger partial charge on any atom is -0.378 e. The van der Waals surface area contributed by atoms with Gasteiger partial charge in [-0.3, -0.25) is 0 Å². The van der Waals surface area contributed by atoms with Crippen molar-refractivity contribution in [2.75, 3.05) is 13.2 Å². The van der Waals surface area contributed by atoms with E-state index >= 15 is 0 Å². The second kappa shape index (κ2) is 5.86. The Morgan fingerprint density at radius 2 is 1.73 bits per heavy atom. The van der Waals surface area contributed by atoms with Gasteiger partial charge in [0.1, 0.15) is 0 Å². The van der Waals surface area contributed by atoms with Gasteiger partial charge in [-0.2, -0.15) is 0 Å². The zero-order valence-corrected chi connectivity index (χ0v) is 10.6. The minimum absolute atomic E-state index is 0.474. The van der Waals surface area contributed by atoms with Gasteiger partial charge in [-0.15, -0.1) is 0 Å². The fraction of sp³-hybridized carbons (Fsp3) is 1.00. The molecule has 1 fully saturated rings. The van der Waals surface area contributed by atoms with Gasteiger partial charge < -0.3 is 10.5 Å². The molecule has 0 aromatic heterocycles. The van der Waals surface area contributed by atoms with E-state index < -0.39 is 0 Å². The Bertz CT molecular complexity index is 166. The number of ether oxygens (including phenoxy) is 1. The summed E-state index contributed by atoms with van der Waals surface area (Å²) in [6, 6.07) is 0. The van der Waals surface area contributed by atoms with Crippen LogP contribution in [-0.4, -0.2) is 19.3 Å². The van der Waals surface area contributed by atoms with Gasteiger partial charge in [-0.25, -0.2) is 0 Å². The van der Waals surface area contributed by atoms with Crippen LogP contribution in [0.1, 0.15) is 52.9 Å². The summed E-state index contributed by atoms with van der Waals surface area (Å²) in [5, 5.41) is 0. The average Bonchev–Trinajstić information content (AvgIpc) is 2.18. The molecule has 1 aliphatic rings. The molecule has 2 N–H and O–H groups in total. The minimum atomic E-state index is 0.474. The largest absolute Gasteiger partial charge is 0.378 e. The highest BCUT2D eigenvalue weighted by Crippen LogP contribution is 2.38. The first-order chi connectivity index (χ1) is 7.04. The van der Waals surface area contributed by atoms with Gasteiger partial charge in [0.2, 0.25) is 0 Å². The van der Waals surface area contributed by atoms with Crippen molar-refractivity contribution in [1.29, 1.82) is 0 Å². The molecule has 0 radical (unpaired) electrons. The Labute approximate surface area is 94.6 Å². The maximum Gasteiger partial charge on any atom is 0.0575 e. The third kappa shape index (κ3) is 4.52. The van der Waals surface area contributed by atoms with Crippen molar-refractivity contribution in [2.45, 2.75) is 59.0 Å². The van der Waals surface area contributed by atoms with Crippen molar-refractivity contribution < 1.29 is 4.74 Å². The SMILES string of the molecule is CC(C)(C)C1CCC(OCCCN)CC1. The van der Waals surface area contributed by atoms with Gasteiger partial charge in [-0.1, -0.05) is 20.8 Å². The maximum absolute atomic E-state index is 5.80. The van der Waals surface area contributed by atoms with Crippen LogP contribution in [0.4, 0.5) is 0 Å². The highest BCUT2D eigenvalue weighted by atomic mass is 16.5. The molecule has 0 atom stereocenters. The lowest BCUT2D eigenvalue weighted by molar-refractivity contribution is 0.00354. The molecule has 15 heavy (non-hydrogen) atoms. The molecule has 1 rings (SSSR count). The summed E-state index contributed by atoms with van der Waals surface area (Å²) in [6.45, 7) is 8.66. The Morgan fingerprint density at radius 3 is 2.20 bits per heavy atom. The molecule has 0 aromatic carbocycles. The fourth-order valence-electron chi connectivity index (χ4n) is 2.43. The predicted molar refractivity (Wildman–Crippen MR) is 64.8 cm³/mol. The number of rotatable bonds is 4. The first-order valence-corrected chi connectivity index (χ1v) is 6.35. The number of hydrogen-bond acceptors (Lipinski definition) is 2. The molecule has 0 saturated heterocycles. The van der Waals surface area contributed by atoms with Crippen LogP contribution in [0, 0.1) is 11.3 Å². The summed E-state index contributed by atoms with van der Waals surface area (Å²) < 4.78 is 5.80. The molecule has 0 aliphatic heterocycles. The average molecular weight is 213 g/mol. The molecule has 2 heteroatoms. The van der Waals surface area contributed by atoms with Crippen LogP contribution in [0.25, 0.3) is 0 Å². The second-order valence-electron chi connectivity index (χ2n) is 5.85. The Kier molecular flexibility index (Phi) is 5.07. The Morgan fingerprint density at radius 1 is 1.13 bits per heavy atom. The molecule has 90 valence electrons. The summed E-state index contributed by atoms with van der Waals surface area (Å²) in [5.41, 5.74) is 5.92. The number of nitrogens with two attached hydrogens (primary N) is 1. The van der Waals surface area contributed by atoms with E-state index in [1.54, 1.807) is 0 Å². The Balaban J connectivity index is 2.18. The van der Waals surface area contributed by atoms with Crippen molar-refractivity contribution in [1.82, 2.24) is 0 Å². The molecule has 0 heterocycles. The third-order valence-electron chi connectivity index (χ3n) is 3.60. The molecule has 1 saturated carbocycles. The van der Waals surface area contributed by atoms with Crippen molar-refractivity contribution in [3.63, 3.8) is 0 Å². The van der Waals surface area contributed by atoms with Crippen LogP contribution in [0.2, 0.25) is 0 Å². The lowest BCUT2D eigenvalue weighted by Gasteiger charge is -2.36. The van der Waals surface area contributed by atoms with Gasteiger partial charge >= 0.3 is 0 Å². The molecule has 0 bridgehead atoms. The predicted octanol–water partition coefficient (Wildman–Crippen LogP) is 2.96. The summed E-state index contributed by atoms with van der Waals surface area (Å²) in [4.78, 5) is 0. The molecular weight excluding hydrogens is 186 g/mol. The second-order valence-corrected chi connectivity index (χ2v) is 5.85. The van der Waals surface area contributed by atoms with Crippen LogP contribution >= 0.6 is 0 Å². The topological polar surface area (TPSA) is 35.2 Å². The van der Waals surface area contributed by atoms with E-state index in [-0.39, 0.29) is 0 Å². The zero-order chi connectivity index (χ0) is 11.3. The standard InChI is InChI=1S/C13H27NO/c1-13(2,3)11-5-7-12(8-6-11)15-10-4-9-14/h11-12H,4-10,14H2,1-3H3. The van der Waals surface area contributed by atoms with E-state index in [1.165, 1.54) is 25.7 Å². The van der Waals surface area contributed by atoms with Crippen LogP contribution < -0.4 is 5.73 Å². The van der Waals surface area contributed by atoms with E-state index in [2.05, 4.69) is 20.8 Å². The third-order valence-corrected chi connectivity index (χ3v) is 3.60. The first-order valence-electron chi connectivity index (χ1n) is 6.35. The molecule has 0 unspecified atom stereocenters. The van der Waals surface area contributed by atoms with Crippen LogP contribution in [0.5, 0.6) is 0 Å². The van der Waals surface area contributed by atoms with E-state index in [4.69, 9.17) is 10.5 Å². The van der Waals surface area contributed by atoms with Crippen molar-refractivity contribution in [3.8, 4) is 0 Å². The molecule has 0 amide bonds. The van der Waals surface area contributed by atoms with E-state index in [0.717, 1.165) is 25.5 Å². The molecule has 0 aromatic rings. The normalized spacial score (nSPS) is 28.0. The Hall–Kier alpha value is -0.0800. The molecular formula is C13H27NO. The lowest BCUT2D eigenvalue weighted by Crippen LogP contribution is -2.29. The summed E-state index contributed by atoms with van der Waals surface area (Å²) in [6.07, 6.45) is 6.65. The monoisotopic (exact) mass is 213 g/mol. The van der Waals surface area contributed by atoms with Gasteiger partial charge in [0.05, 0.1) is 6.10 Å². The molecule has 1 aliphatic carbocycles. The smallest absolute Gasteiger partial charge is 0.0575 e.